The third kappa shape index (κ3) is 2.46. The van der Waals surface area contributed by atoms with E-state index in [-0.39, 0.29) is 17.9 Å². The van der Waals surface area contributed by atoms with Gasteiger partial charge in [0, 0.05) is 29.6 Å². The molecule has 2 heterocycles. The highest BCUT2D eigenvalue weighted by molar-refractivity contribution is 8.00. The summed E-state index contributed by atoms with van der Waals surface area (Å²) in [5, 5.41) is 2.80. The lowest BCUT2D eigenvalue weighted by atomic mass is 10.1. The fraction of sp³-hybridized carbons (Fsp3) is 0.385. The van der Waals surface area contributed by atoms with Gasteiger partial charge in [-0.25, -0.2) is 0 Å². The Morgan fingerprint density at radius 1 is 1.47 bits per heavy atom. The van der Waals surface area contributed by atoms with Gasteiger partial charge in [-0.3, -0.25) is 9.59 Å². The van der Waals surface area contributed by atoms with Crippen LogP contribution in [0.5, 0.6) is 0 Å². The third-order valence-electron chi connectivity index (χ3n) is 3.37. The molecule has 0 spiro atoms. The smallest absolute Gasteiger partial charge is 0.253 e. The highest BCUT2D eigenvalue weighted by atomic mass is 32.2. The maximum absolute atomic E-state index is 12.3. The van der Waals surface area contributed by atoms with Crippen molar-refractivity contribution in [2.45, 2.75) is 17.4 Å². The first-order chi connectivity index (χ1) is 9.13. The summed E-state index contributed by atoms with van der Waals surface area (Å²) in [4.78, 5) is 26.4. The van der Waals surface area contributed by atoms with Gasteiger partial charge in [-0.05, 0) is 24.6 Å². The molecular weight excluding hydrogens is 262 g/mol. The van der Waals surface area contributed by atoms with Crippen molar-refractivity contribution >= 4 is 29.3 Å². The molecule has 3 N–H and O–H groups in total. The van der Waals surface area contributed by atoms with Gasteiger partial charge in [0.1, 0.15) is 0 Å². The molecule has 6 heteroatoms. The number of likely N-dealkylation sites (tertiary alicyclic amines) is 1. The quantitative estimate of drug-likeness (QED) is 0.800. The first-order valence-electron chi connectivity index (χ1n) is 6.25. The summed E-state index contributed by atoms with van der Waals surface area (Å²) >= 11 is 1.49. The monoisotopic (exact) mass is 277 g/mol. The summed E-state index contributed by atoms with van der Waals surface area (Å²) < 4.78 is 0. The van der Waals surface area contributed by atoms with Crippen LogP contribution in [0.15, 0.2) is 23.1 Å². The molecule has 1 aromatic carbocycles. The molecule has 1 atom stereocenters. The van der Waals surface area contributed by atoms with Crippen molar-refractivity contribution in [3.05, 3.63) is 23.8 Å². The molecule has 0 unspecified atom stereocenters. The molecule has 2 aliphatic rings. The maximum Gasteiger partial charge on any atom is 0.253 e. The summed E-state index contributed by atoms with van der Waals surface area (Å²) in [6.45, 7) is 1.31. The summed E-state index contributed by atoms with van der Waals surface area (Å²) in [5.41, 5.74) is 7.15. The van der Waals surface area contributed by atoms with Crippen LogP contribution in [0, 0.1) is 0 Å². The van der Waals surface area contributed by atoms with E-state index in [1.165, 1.54) is 11.8 Å². The minimum absolute atomic E-state index is 0.0134. The number of anilines is 1. The molecule has 0 saturated carbocycles. The van der Waals surface area contributed by atoms with Crippen LogP contribution in [0.4, 0.5) is 5.69 Å². The predicted molar refractivity (Wildman–Crippen MR) is 74.3 cm³/mol. The Bertz CT molecular complexity index is 547. The highest BCUT2D eigenvalue weighted by Gasteiger charge is 2.25. The van der Waals surface area contributed by atoms with E-state index >= 15 is 0 Å². The zero-order valence-corrected chi connectivity index (χ0v) is 11.2. The summed E-state index contributed by atoms with van der Waals surface area (Å²) in [6, 6.07) is 5.54. The van der Waals surface area contributed by atoms with Crippen molar-refractivity contribution in [3.8, 4) is 0 Å². The fourth-order valence-electron chi connectivity index (χ4n) is 2.37. The van der Waals surface area contributed by atoms with E-state index in [9.17, 15) is 9.59 Å². The van der Waals surface area contributed by atoms with Crippen LogP contribution < -0.4 is 11.1 Å². The van der Waals surface area contributed by atoms with Crippen molar-refractivity contribution in [1.82, 2.24) is 4.90 Å². The standard InChI is InChI=1S/C13H15N3O2S/c14-9-3-4-16(6-9)13(18)8-1-2-11-10(5-8)15-12(17)7-19-11/h1-2,5,9H,3-4,6-7,14H2,(H,15,17)/t9-/m1/s1. The average Bonchev–Trinajstić information content (AvgIpc) is 2.83. The van der Waals surface area contributed by atoms with E-state index in [4.69, 9.17) is 5.73 Å². The molecular formula is C13H15N3O2S. The van der Waals surface area contributed by atoms with Gasteiger partial charge < -0.3 is 16.0 Å². The second-order valence-electron chi connectivity index (χ2n) is 4.85. The number of nitrogens with one attached hydrogen (secondary N) is 1. The number of benzene rings is 1. The largest absolute Gasteiger partial charge is 0.337 e. The predicted octanol–water partition coefficient (Wildman–Crippen LogP) is 0.904. The number of nitrogens with zero attached hydrogens (tertiary/aromatic N) is 1. The molecule has 0 radical (unpaired) electrons. The normalized spacial score (nSPS) is 22.1. The number of hydrogen-bond acceptors (Lipinski definition) is 4. The molecule has 19 heavy (non-hydrogen) atoms. The number of carbonyl (C=O) groups excluding carboxylic acids is 2. The Labute approximate surface area is 115 Å². The van der Waals surface area contributed by atoms with E-state index in [0.717, 1.165) is 17.0 Å². The van der Waals surface area contributed by atoms with Gasteiger partial charge in [0.05, 0.1) is 11.4 Å². The van der Waals surface area contributed by atoms with E-state index in [0.29, 0.717) is 24.4 Å². The van der Waals surface area contributed by atoms with Crippen molar-refractivity contribution in [1.29, 1.82) is 0 Å². The van der Waals surface area contributed by atoms with Crippen LogP contribution in [0.1, 0.15) is 16.8 Å². The van der Waals surface area contributed by atoms with Gasteiger partial charge in [0.2, 0.25) is 5.91 Å². The molecule has 5 nitrogen and oxygen atoms in total. The van der Waals surface area contributed by atoms with Crippen molar-refractivity contribution in [2.75, 3.05) is 24.2 Å². The topological polar surface area (TPSA) is 75.4 Å². The zero-order valence-electron chi connectivity index (χ0n) is 10.4. The number of hydrogen-bond donors (Lipinski definition) is 2. The van der Waals surface area contributed by atoms with Crippen molar-refractivity contribution in [2.24, 2.45) is 5.73 Å². The number of thioether (sulfide) groups is 1. The Balaban J connectivity index is 1.83. The minimum atomic E-state index is -0.0229. The van der Waals surface area contributed by atoms with Gasteiger partial charge in [-0.15, -0.1) is 11.8 Å². The van der Waals surface area contributed by atoms with Crippen LogP contribution in [0.25, 0.3) is 0 Å². The van der Waals surface area contributed by atoms with Crippen LogP contribution in [0.3, 0.4) is 0 Å². The second-order valence-corrected chi connectivity index (χ2v) is 5.86. The molecule has 0 aliphatic carbocycles. The first kappa shape index (κ1) is 12.5. The molecule has 1 saturated heterocycles. The lowest BCUT2D eigenvalue weighted by molar-refractivity contribution is -0.113. The lowest BCUT2D eigenvalue weighted by Gasteiger charge is -2.19. The van der Waals surface area contributed by atoms with Crippen LogP contribution in [0.2, 0.25) is 0 Å². The number of rotatable bonds is 1. The van der Waals surface area contributed by atoms with Gasteiger partial charge in [0.25, 0.3) is 5.91 Å². The van der Waals surface area contributed by atoms with Crippen molar-refractivity contribution in [3.63, 3.8) is 0 Å². The van der Waals surface area contributed by atoms with E-state index in [2.05, 4.69) is 5.32 Å². The van der Waals surface area contributed by atoms with Gasteiger partial charge in [0.15, 0.2) is 0 Å². The molecule has 0 bridgehead atoms. The van der Waals surface area contributed by atoms with E-state index < -0.39 is 0 Å². The zero-order chi connectivity index (χ0) is 13.4. The van der Waals surface area contributed by atoms with Crippen LogP contribution in [-0.4, -0.2) is 41.6 Å². The van der Waals surface area contributed by atoms with E-state index in [1.807, 2.05) is 12.1 Å². The first-order valence-corrected chi connectivity index (χ1v) is 7.23. The highest BCUT2D eigenvalue weighted by Crippen LogP contribution is 2.32. The third-order valence-corrected chi connectivity index (χ3v) is 4.44. The van der Waals surface area contributed by atoms with E-state index in [1.54, 1.807) is 11.0 Å². The fourth-order valence-corrected chi connectivity index (χ4v) is 3.16. The number of fused-ring (bicyclic) bond motifs is 1. The molecule has 2 aliphatic heterocycles. The Morgan fingerprint density at radius 2 is 2.32 bits per heavy atom. The second kappa shape index (κ2) is 4.86. The number of amides is 2. The Morgan fingerprint density at radius 3 is 3.05 bits per heavy atom. The Hall–Kier alpha value is -1.53. The molecule has 1 aromatic rings. The summed E-state index contributed by atoms with van der Waals surface area (Å²) in [6.07, 6.45) is 0.850. The minimum Gasteiger partial charge on any atom is -0.337 e. The van der Waals surface area contributed by atoms with Gasteiger partial charge >= 0.3 is 0 Å². The molecule has 3 rings (SSSR count). The molecule has 0 aromatic heterocycles. The SMILES string of the molecule is N[C@@H]1CCN(C(=O)c2ccc3c(c2)NC(=O)CS3)C1. The van der Waals surface area contributed by atoms with Crippen LogP contribution in [-0.2, 0) is 4.79 Å². The van der Waals surface area contributed by atoms with Crippen LogP contribution >= 0.6 is 11.8 Å². The summed E-state index contributed by atoms with van der Waals surface area (Å²) in [7, 11) is 0. The number of nitrogens with two attached hydrogens (primary N) is 1. The summed E-state index contributed by atoms with van der Waals surface area (Å²) in [5.74, 6) is 0.396. The van der Waals surface area contributed by atoms with Crippen molar-refractivity contribution < 1.29 is 9.59 Å². The molecule has 1 fully saturated rings. The lowest BCUT2D eigenvalue weighted by Crippen LogP contribution is -2.32. The molecule has 2 amide bonds. The molecule has 100 valence electrons. The van der Waals surface area contributed by atoms with Gasteiger partial charge in [-0.2, -0.15) is 0 Å². The maximum atomic E-state index is 12.3. The number of carbonyl (C=O) groups is 2. The van der Waals surface area contributed by atoms with Gasteiger partial charge in [-0.1, -0.05) is 0 Å². The average molecular weight is 277 g/mol. The Kier molecular flexibility index (Phi) is 3.20.